The van der Waals surface area contributed by atoms with E-state index >= 15 is 0 Å². The maximum absolute atomic E-state index is 12.7. The lowest BCUT2D eigenvalue weighted by molar-refractivity contribution is -0.137. The first-order chi connectivity index (χ1) is 14.2. The Bertz CT molecular complexity index is 1000. The predicted octanol–water partition coefficient (Wildman–Crippen LogP) is 5.55. The van der Waals surface area contributed by atoms with Crippen molar-refractivity contribution in [3.05, 3.63) is 76.2 Å². The molecule has 1 aromatic heterocycles. The molecular weight excluding hydrogens is 415 g/mol. The summed E-state index contributed by atoms with van der Waals surface area (Å²) in [5.41, 5.74) is 2.94. The molecule has 0 aliphatic carbocycles. The van der Waals surface area contributed by atoms with E-state index in [4.69, 9.17) is 0 Å². The third-order valence-electron chi connectivity index (χ3n) is 4.39. The molecule has 156 valence electrons. The van der Waals surface area contributed by atoms with Crippen LogP contribution in [-0.2, 0) is 11.0 Å². The molecule has 0 bridgehead atoms. The number of hydrogen-bond acceptors (Lipinski definition) is 4. The minimum atomic E-state index is -4.38. The smallest absolute Gasteiger partial charge is 0.326 e. The standard InChI is InChI=1S/C21H18F3N3O2S/c1-13(14-2-4-15(5-3-14)21(22,23)24)10-19(28)26-16-6-8-17(9-7-16)27-20(29)18-11-30-12-25-18/h2-9,11-13H,10H2,1H3,(H,26,28)(H,27,29)/t13-/m1/s1. The van der Waals surface area contributed by atoms with Gasteiger partial charge < -0.3 is 10.6 Å². The van der Waals surface area contributed by atoms with Crippen molar-refractivity contribution in [3.63, 3.8) is 0 Å². The zero-order chi connectivity index (χ0) is 21.7. The van der Waals surface area contributed by atoms with Gasteiger partial charge >= 0.3 is 6.18 Å². The topological polar surface area (TPSA) is 71.1 Å². The molecule has 0 fully saturated rings. The monoisotopic (exact) mass is 433 g/mol. The Balaban J connectivity index is 1.53. The van der Waals surface area contributed by atoms with E-state index in [2.05, 4.69) is 15.6 Å². The van der Waals surface area contributed by atoms with Crippen molar-refractivity contribution in [2.24, 2.45) is 0 Å². The molecule has 3 aromatic rings. The minimum absolute atomic E-state index is 0.119. The summed E-state index contributed by atoms with van der Waals surface area (Å²) in [7, 11) is 0. The summed E-state index contributed by atoms with van der Waals surface area (Å²) < 4.78 is 38.0. The number of anilines is 2. The van der Waals surface area contributed by atoms with Crippen molar-refractivity contribution < 1.29 is 22.8 Å². The third-order valence-corrected chi connectivity index (χ3v) is 4.98. The summed E-state index contributed by atoms with van der Waals surface area (Å²) >= 11 is 1.32. The number of carbonyl (C=O) groups is 2. The van der Waals surface area contributed by atoms with Gasteiger partial charge in [-0.15, -0.1) is 11.3 Å². The fourth-order valence-corrected chi connectivity index (χ4v) is 3.30. The van der Waals surface area contributed by atoms with E-state index in [9.17, 15) is 22.8 Å². The Morgan fingerprint density at radius 3 is 2.13 bits per heavy atom. The highest BCUT2D eigenvalue weighted by atomic mass is 32.1. The van der Waals surface area contributed by atoms with Crippen molar-refractivity contribution in [2.45, 2.75) is 25.4 Å². The second-order valence-corrected chi connectivity index (χ2v) is 7.40. The number of hydrogen-bond donors (Lipinski definition) is 2. The van der Waals surface area contributed by atoms with E-state index < -0.39 is 11.7 Å². The fourth-order valence-electron chi connectivity index (χ4n) is 2.77. The molecule has 0 aliphatic heterocycles. The second-order valence-electron chi connectivity index (χ2n) is 6.68. The van der Waals surface area contributed by atoms with E-state index in [-0.39, 0.29) is 24.2 Å². The first-order valence-corrected chi connectivity index (χ1v) is 9.93. The van der Waals surface area contributed by atoms with Gasteiger partial charge in [0.05, 0.1) is 11.1 Å². The van der Waals surface area contributed by atoms with Crippen LogP contribution in [-0.4, -0.2) is 16.8 Å². The highest BCUT2D eigenvalue weighted by molar-refractivity contribution is 7.07. The number of benzene rings is 2. The first-order valence-electron chi connectivity index (χ1n) is 8.99. The molecule has 30 heavy (non-hydrogen) atoms. The van der Waals surface area contributed by atoms with E-state index in [1.54, 1.807) is 42.1 Å². The maximum atomic E-state index is 12.7. The predicted molar refractivity (Wildman–Crippen MR) is 110 cm³/mol. The van der Waals surface area contributed by atoms with Crippen LogP contribution < -0.4 is 10.6 Å². The summed E-state index contributed by atoms with van der Waals surface area (Å²) in [6, 6.07) is 11.4. The van der Waals surface area contributed by atoms with Crippen LogP contribution in [0.1, 0.15) is 40.9 Å². The number of nitrogens with zero attached hydrogens (tertiary/aromatic N) is 1. The van der Waals surface area contributed by atoms with Gasteiger partial charge in [-0.05, 0) is 47.9 Å². The van der Waals surface area contributed by atoms with Crippen molar-refractivity contribution in [2.75, 3.05) is 10.6 Å². The third kappa shape index (κ3) is 5.66. The van der Waals surface area contributed by atoms with Crippen LogP contribution in [0.3, 0.4) is 0 Å². The van der Waals surface area contributed by atoms with Crippen LogP contribution in [0.25, 0.3) is 0 Å². The number of aromatic nitrogens is 1. The van der Waals surface area contributed by atoms with Crippen LogP contribution >= 0.6 is 11.3 Å². The van der Waals surface area contributed by atoms with Gasteiger partial charge in [0, 0.05) is 23.2 Å². The Morgan fingerprint density at radius 2 is 1.60 bits per heavy atom. The summed E-state index contributed by atoms with van der Waals surface area (Å²) in [4.78, 5) is 28.2. The molecule has 9 heteroatoms. The Kier molecular flexibility index (Phi) is 6.51. The Morgan fingerprint density at radius 1 is 1.00 bits per heavy atom. The zero-order valence-electron chi connectivity index (χ0n) is 15.9. The van der Waals surface area contributed by atoms with Crippen LogP contribution in [0.5, 0.6) is 0 Å². The molecule has 0 aliphatic rings. The number of amides is 2. The Hall–Kier alpha value is -3.20. The van der Waals surface area contributed by atoms with E-state index in [1.807, 2.05) is 0 Å². The average molecular weight is 433 g/mol. The van der Waals surface area contributed by atoms with Crippen LogP contribution in [0.2, 0.25) is 0 Å². The van der Waals surface area contributed by atoms with Gasteiger partial charge in [-0.25, -0.2) is 4.98 Å². The SMILES string of the molecule is C[C@H](CC(=O)Nc1ccc(NC(=O)c2cscn2)cc1)c1ccc(C(F)(F)F)cc1. The number of alkyl halides is 3. The van der Waals surface area contributed by atoms with Gasteiger partial charge in [-0.3, -0.25) is 9.59 Å². The first kappa shape index (κ1) is 21.5. The lowest BCUT2D eigenvalue weighted by Gasteiger charge is -2.14. The van der Waals surface area contributed by atoms with Gasteiger partial charge in [0.2, 0.25) is 5.91 Å². The molecule has 0 saturated heterocycles. The molecule has 0 spiro atoms. The van der Waals surface area contributed by atoms with E-state index in [0.717, 1.165) is 12.1 Å². The molecule has 0 saturated carbocycles. The van der Waals surface area contributed by atoms with E-state index in [0.29, 0.717) is 22.6 Å². The van der Waals surface area contributed by atoms with Gasteiger partial charge in [0.15, 0.2) is 0 Å². The van der Waals surface area contributed by atoms with Crippen molar-refractivity contribution >= 4 is 34.5 Å². The number of nitrogens with one attached hydrogen (secondary N) is 2. The molecule has 1 atom stereocenters. The molecule has 1 heterocycles. The molecule has 2 N–H and O–H groups in total. The number of halogens is 3. The summed E-state index contributed by atoms with van der Waals surface area (Å²) in [5.74, 6) is -0.830. The zero-order valence-corrected chi connectivity index (χ0v) is 16.7. The van der Waals surface area contributed by atoms with Crippen molar-refractivity contribution in [1.82, 2.24) is 4.98 Å². The maximum Gasteiger partial charge on any atom is 0.416 e. The molecule has 0 unspecified atom stereocenters. The van der Waals surface area contributed by atoms with Gasteiger partial charge in [-0.2, -0.15) is 13.2 Å². The van der Waals surface area contributed by atoms with Crippen molar-refractivity contribution in [3.8, 4) is 0 Å². The van der Waals surface area contributed by atoms with Gasteiger partial charge in [0.25, 0.3) is 5.91 Å². The lowest BCUT2D eigenvalue weighted by atomic mass is 9.96. The molecule has 5 nitrogen and oxygen atoms in total. The quantitative estimate of drug-likeness (QED) is 0.536. The highest BCUT2D eigenvalue weighted by Gasteiger charge is 2.30. The summed E-state index contributed by atoms with van der Waals surface area (Å²) in [5, 5.41) is 7.09. The lowest BCUT2D eigenvalue weighted by Crippen LogP contribution is -2.15. The second kappa shape index (κ2) is 9.08. The van der Waals surface area contributed by atoms with Crippen LogP contribution in [0.15, 0.2) is 59.4 Å². The molecule has 0 radical (unpaired) electrons. The molecular formula is C21H18F3N3O2S. The summed E-state index contributed by atoms with van der Waals surface area (Å²) in [6.07, 6.45) is -4.27. The number of rotatable bonds is 6. The average Bonchev–Trinajstić information content (AvgIpc) is 3.24. The van der Waals surface area contributed by atoms with Crippen LogP contribution in [0, 0.1) is 0 Å². The largest absolute Gasteiger partial charge is 0.416 e. The van der Waals surface area contributed by atoms with Crippen LogP contribution in [0.4, 0.5) is 24.5 Å². The molecule has 2 amide bonds. The number of carbonyl (C=O) groups excluding carboxylic acids is 2. The normalized spacial score (nSPS) is 12.3. The minimum Gasteiger partial charge on any atom is -0.326 e. The number of thiazole rings is 1. The molecule has 2 aromatic carbocycles. The van der Waals surface area contributed by atoms with Gasteiger partial charge in [-0.1, -0.05) is 19.1 Å². The Labute approximate surface area is 175 Å². The fraction of sp³-hybridized carbons (Fsp3) is 0.190. The van der Waals surface area contributed by atoms with Gasteiger partial charge in [0.1, 0.15) is 5.69 Å². The summed E-state index contributed by atoms with van der Waals surface area (Å²) in [6.45, 7) is 1.78. The highest BCUT2D eigenvalue weighted by Crippen LogP contribution is 2.30. The van der Waals surface area contributed by atoms with E-state index in [1.165, 1.54) is 23.5 Å². The van der Waals surface area contributed by atoms with Crippen molar-refractivity contribution in [1.29, 1.82) is 0 Å². The molecule has 3 rings (SSSR count).